The molecule has 1 aliphatic carbocycles. The summed E-state index contributed by atoms with van der Waals surface area (Å²) in [4.78, 5) is 0. The van der Waals surface area contributed by atoms with E-state index in [0.717, 1.165) is 19.3 Å². The number of fused-ring (bicyclic) bond motifs is 1. The monoisotopic (exact) mass is 186 g/mol. The van der Waals surface area contributed by atoms with Gasteiger partial charge in [0.1, 0.15) is 0 Å². The van der Waals surface area contributed by atoms with Gasteiger partial charge in [0.25, 0.3) is 0 Å². The zero-order valence-corrected chi connectivity index (χ0v) is 8.32. The molecule has 1 N–H and O–H groups in total. The Hall–Kier alpha value is -0.120. The maximum absolute atomic E-state index is 9.71. The fraction of sp³-hybridized carbons (Fsp3) is 1.00. The Bertz CT molecular complexity index is 191. The molecule has 1 aliphatic heterocycles. The van der Waals surface area contributed by atoms with Crippen LogP contribution in [0.1, 0.15) is 33.1 Å². The highest BCUT2D eigenvalue weighted by Crippen LogP contribution is 2.35. The van der Waals surface area contributed by atoms with Crippen molar-refractivity contribution in [2.45, 2.75) is 51.1 Å². The molecule has 2 fully saturated rings. The van der Waals surface area contributed by atoms with Gasteiger partial charge in [0, 0.05) is 5.92 Å². The van der Waals surface area contributed by atoms with Crippen LogP contribution in [0, 0.1) is 5.92 Å². The molecule has 0 bridgehead atoms. The van der Waals surface area contributed by atoms with Crippen molar-refractivity contribution >= 4 is 0 Å². The molecular formula is C10H18O3. The third-order valence-corrected chi connectivity index (χ3v) is 3.02. The minimum Gasteiger partial charge on any atom is -0.393 e. The van der Waals surface area contributed by atoms with Gasteiger partial charge in [0.2, 0.25) is 0 Å². The molecule has 2 rings (SSSR count). The van der Waals surface area contributed by atoms with Crippen LogP contribution in [-0.4, -0.2) is 29.7 Å². The van der Waals surface area contributed by atoms with Crippen LogP contribution in [0.4, 0.5) is 0 Å². The first kappa shape index (κ1) is 9.44. The Morgan fingerprint density at radius 1 is 1.31 bits per heavy atom. The van der Waals surface area contributed by atoms with Gasteiger partial charge in [0.15, 0.2) is 5.79 Å². The second-order valence-corrected chi connectivity index (χ2v) is 4.53. The van der Waals surface area contributed by atoms with E-state index in [1.54, 1.807) is 0 Å². The molecule has 1 saturated heterocycles. The molecule has 0 amide bonds. The van der Waals surface area contributed by atoms with Crippen molar-refractivity contribution in [2.24, 2.45) is 5.92 Å². The zero-order chi connectivity index (χ0) is 9.47. The maximum Gasteiger partial charge on any atom is 0.163 e. The first-order chi connectivity index (χ1) is 6.08. The first-order valence-corrected chi connectivity index (χ1v) is 5.08. The van der Waals surface area contributed by atoms with E-state index in [1.165, 1.54) is 0 Å². The van der Waals surface area contributed by atoms with Crippen LogP contribution in [0.2, 0.25) is 0 Å². The lowest BCUT2D eigenvalue weighted by atomic mass is 9.83. The van der Waals surface area contributed by atoms with Crippen molar-refractivity contribution in [3.05, 3.63) is 0 Å². The lowest BCUT2D eigenvalue weighted by Gasteiger charge is -2.45. The van der Waals surface area contributed by atoms with Crippen molar-refractivity contribution in [3.8, 4) is 0 Å². The number of aliphatic hydroxyl groups is 1. The molecule has 0 spiro atoms. The number of rotatable bonds is 0. The molecule has 0 aromatic carbocycles. The molecule has 0 aromatic heterocycles. The number of ether oxygens (including phenoxy) is 2. The van der Waals surface area contributed by atoms with Crippen molar-refractivity contribution in [1.29, 1.82) is 0 Å². The molecule has 2 aliphatic rings. The molecule has 3 nitrogen and oxygen atoms in total. The van der Waals surface area contributed by atoms with E-state index in [1.807, 2.05) is 13.8 Å². The van der Waals surface area contributed by atoms with E-state index in [2.05, 4.69) is 0 Å². The summed E-state index contributed by atoms with van der Waals surface area (Å²) in [5.74, 6) is -0.264. The van der Waals surface area contributed by atoms with Crippen molar-refractivity contribution < 1.29 is 14.6 Å². The Morgan fingerprint density at radius 3 is 2.85 bits per heavy atom. The van der Waals surface area contributed by atoms with Gasteiger partial charge < -0.3 is 14.6 Å². The average Bonchev–Trinajstić information content (AvgIpc) is 2.02. The fourth-order valence-corrected chi connectivity index (χ4v) is 2.26. The Balaban J connectivity index is 2.04. The van der Waals surface area contributed by atoms with E-state index < -0.39 is 5.79 Å². The molecule has 3 unspecified atom stereocenters. The molecule has 1 saturated carbocycles. The Labute approximate surface area is 79.0 Å². The maximum atomic E-state index is 9.71. The molecule has 0 radical (unpaired) electrons. The second kappa shape index (κ2) is 3.23. The topological polar surface area (TPSA) is 38.7 Å². The minimum atomic E-state index is -0.460. The molecule has 76 valence electrons. The van der Waals surface area contributed by atoms with Gasteiger partial charge in [0.05, 0.1) is 18.8 Å². The predicted molar refractivity (Wildman–Crippen MR) is 48.3 cm³/mol. The van der Waals surface area contributed by atoms with Gasteiger partial charge in [-0.05, 0) is 33.1 Å². The van der Waals surface area contributed by atoms with E-state index in [4.69, 9.17) is 9.47 Å². The van der Waals surface area contributed by atoms with Gasteiger partial charge in [-0.2, -0.15) is 0 Å². The molecule has 3 atom stereocenters. The summed E-state index contributed by atoms with van der Waals surface area (Å²) in [5.41, 5.74) is 0. The van der Waals surface area contributed by atoms with Crippen LogP contribution in [0.5, 0.6) is 0 Å². The minimum absolute atomic E-state index is 0.196. The summed E-state index contributed by atoms with van der Waals surface area (Å²) in [6.07, 6.45) is 3.00. The predicted octanol–water partition coefficient (Wildman–Crippen LogP) is 1.30. The van der Waals surface area contributed by atoms with Crippen LogP contribution in [0.25, 0.3) is 0 Å². The van der Waals surface area contributed by atoms with Crippen LogP contribution < -0.4 is 0 Å². The lowest BCUT2D eigenvalue weighted by molar-refractivity contribution is -0.308. The second-order valence-electron chi connectivity index (χ2n) is 4.53. The van der Waals surface area contributed by atoms with E-state index >= 15 is 0 Å². The quantitative estimate of drug-likeness (QED) is 0.619. The SMILES string of the molecule is CC1(C)OCC2C(O)CCCC2O1. The normalized spacial score (nSPS) is 44.1. The van der Waals surface area contributed by atoms with E-state index in [-0.39, 0.29) is 18.1 Å². The van der Waals surface area contributed by atoms with E-state index in [0.29, 0.717) is 6.61 Å². The highest BCUT2D eigenvalue weighted by molar-refractivity contribution is 4.86. The molecule has 3 heteroatoms. The lowest BCUT2D eigenvalue weighted by Crippen LogP contribution is -2.51. The van der Waals surface area contributed by atoms with Crippen LogP contribution in [0.15, 0.2) is 0 Å². The number of hydrogen-bond donors (Lipinski definition) is 1. The number of aliphatic hydroxyl groups excluding tert-OH is 1. The fourth-order valence-electron chi connectivity index (χ4n) is 2.26. The van der Waals surface area contributed by atoms with Crippen LogP contribution >= 0.6 is 0 Å². The number of hydrogen-bond acceptors (Lipinski definition) is 3. The third kappa shape index (κ3) is 1.87. The highest BCUT2D eigenvalue weighted by atomic mass is 16.7. The van der Waals surface area contributed by atoms with Crippen molar-refractivity contribution in [1.82, 2.24) is 0 Å². The molecule has 0 aromatic rings. The molecular weight excluding hydrogens is 168 g/mol. The summed E-state index contributed by atoms with van der Waals surface area (Å²) < 4.78 is 11.3. The summed E-state index contributed by atoms with van der Waals surface area (Å²) >= 11 is 0. The van der Waals surface area contributed by atoms with Gasteiger partial charge in [-0.3, -0.25) is 0 Å². The molecule has 13 heavy (non-hydrogen) atoms. The van der Waals surface area contributed by atoms with Gasteiger partial charge in [-0.25, -0.2) is 0 Å². The molecule has 1 heterocycles. The third-order valence-electron chi connectivity index (χ3n) is 3.02. The summed E-state index contributed by atoms with van der Waals surface area (Å²) in [6.45, 7) is 4.51. The summed E-state index contributed by atoms with van der Waals surface area (Å²) in [6, 6.07) is 0. The first-order valence-electron chi connectivity index (χ1n) is 5.08. The van der Waals surface area contributed by atoms with Crippen molar-refractivity contribution in [2.75, 3.05) is 6.61 Å². The summed E-state index contributed by atoms with van der Waals surface area (Å²) in [7, 11) is 0. The largest absolute Gasteiger partial charge is 0.393 e. The van der Waals surface area contributed by atoms with Gasteiger partial charge >= 0.3 is 0 Å². The van der Waals surface area contributed by atoms with Gasteiger partial charge in [-0.1, -0.05) is 0 Å². The van der Waals surface area contributed by atoms with Crippen molar-refractivity contribution in [3.63, 3.8) is 0 Å². The summed E-state index contributed by atoms with van der Waals surface area (Å²) in [5, 5.41) is 9.71. The van der Waals surface area contributed by atoms with Crippen LogP contribution in [-0.2, 0) is 9.47 Å². The highest BCUT2D eigenvalue weighted by Gasteiger charge is 2.41. The zero-order valence-electron chi connectivity index (χ0n) is 8.32. The smallest absolute Gasteiger partial charge is 0.163 e. The standard InChI is InChI=1S/C10H18O3/c1-10(2)12-6-7-8(11)4-3-5-9(7)13-10/h7-9,11H,3-6H2,1-2H3. The van der Waals surface area contributed by atoms with Crippen LogP contribution in [0.3, 0.4) is 0 Å². The van der Waals surface area contributed by atoms with E-state index in [9.17, 15) is 5.11 Å². The Kier molecular flexibility index (Phi) is 2.34. The Morgan fingerprint density at radius 2 is 2.08 bits per heavy atom. The average molecular weight is 186 g/mol. The van der Waals surface area contributed by atoms with Gasteiger partial charge in [-0.15, -0.1) is 0 Å².